The van der Waals surface area contributed by atoms with E-state index in [1.165, 1.54) is 30.5 Å². The van der Waals surface area contributed by atoms with Gasteiger partial charge in [-0.05, 0) is 35.9 Å². The van der Waals surface area contributed by atoms with Gasteiger partial charge >= 0.3 is 12.4 Å². The molecule has 1 heterocycles. The Morgan fingerprint density at radius 3 is 1.50 bits per heavy atom. The number of halogens is 6. The van der Waals surface area contributed by atoms with Crippen LogP contribution in [-0.4, -0.2) is 10.2 Å². The van der Waals surface area contributed by atoms with Crippen molar-refractivity contribution in [2.24, 2.45) is 0 Å². The van der Waals surface area contributed by atoms with Crippen molar-refractivity contribution in [2.45, 2.75) is 12.4 Å². The van der Waals surface area contributed by atoms with Crippen molar-refractivity contribution < 1.29 is 26.3 Å². The Balaban J connectivity index is 2.01. The van der Waals surface area contributed by atoms with E-state index < -0.39 is 23.5 Å². The van der Waals surface area contributed by atoms with Gasteiger partial charge in [-0.15, -0.1) is 5.10 Å². The van der Waals surface area contributed by atoms with Crippen molar-refractivity contribution in [3.8, 4) is 22.4 Å². The summed E-state index contributed by atoms with van der Waals surface area (Å²) in [6.07, 6.45) is -7.55. The summed E-state index contributed by atoms with van der Waals surface area (Å²) in [6.45, 7) is 0. The van der Waals surface area contributed by atoms with Gasteiger partial charge in [0.2, 0.25) is 0 Å². The molecule has 0 unspecified atom stereocenters. The summed E-state index contributed by atoms with van der Waals surface area (Å²) in [6, 6.07) is 10.3. The third kappa shape index (κ3) is 3.68. The van der Waals surface area contributed by atoms with E-state index in [0.717, 1.165) is 24.3 Å². The highest BCUT2D eigenvalue weighted by molar-refractivity contribution is 5.80. The monoisotopic (exact) mass is 368 g/mol. The summed E-state index contributed by atoms with van der Waals surface area (Å²) in [5.74, 6) is 0. The van der Waals surface area contributed by atoms with E-state index in [1.54, 1.807) is 6.07 Å². The molecule has 0 bridgehead atoms. The molecule has 134 valence electrons. The first-order valence-corrected chi connectivity index (χ1v) is 7.33. The van der Waals surface area contributed by atoms with Gasteiger partial charge in [-0.1, -0.05) is 24.3 Å². The zero-order valence-corrected chi connectivity index (χ0v) is 12.9. The predicted molar refractivity (Wildman–Crippen MR) is 82.9 cm³/mol. The first-order chi connectivity index (χ1) is 12.2. The van der Waals surface area contributed by atoms with Gasteiger partial charge in [-0.25, -0.2) is 0 Å². The summed E-state index contributed by atoms with van der Waals surface area (Å²) in [5, 5.41) is 7.66. The lowest BCUT2D eigenvalue weighted by atomic mass is 9.98. The first-order valence-electron chi connectivity index (χ1n) is 7.33. The number of nitrogens with zero attached hydrogens (tertiary/aromatic N) is 2. The maximum absolute atomic E-state index is 12.7. The predicted octanol–water partition coefficient (Wildman–Crippen LogP) is 5.85. The Morgan fingerprint density at radius 2 is 1.04 bits per heavy atom. The SMILES string of the molecule is FC(F)(F)c1ccc(-c2ccnnc2-c2ccc(C(F)(F)F)cc2)cc1. The maximum Gasteiger partial charge on any atom is 0.416 e. The van der Waals surface area contributed by atoms with Crippen molar-refractivity contribution in [3.05, 3.63) is 71.9 Å². The van der Waals surface area contributed by atoms with Crippen LogP contribution >= 0.6 is 0 Å². The molecule has 0 atom stereocenters. The van der Waals surface area contributed by atoms with Crippen molar-refractivity contribution >= 4 is 0 Å². The number of hydrogen-bond acceptors (Lipinski definition) is 2. The molecule has 0 spiro atoms. The summed E-state index contributed by atoms with van der Waals surface area (Å²) in [7, 11) is 0. The lowest BCUT2D eigenvalue weighted by Gasteiger charge is -2.11. The zero-order valence-electron chi connectivity index (χ0n) is 12.9. The number of benzene rings is 2. The van der Waals surface area contributed by atoms with Crippen LogP contribution in [0.5, 0.6) is 0 Å². The highest BCUT2D eigenvalue weighted by Gasteiger charge is 2.31. The third-order valence-electron chi connectivity index (χ3n) is 3.73. The van der Waals surface area contributed by atoms with Crippen LogP contribution in [0.3, 0.4) is 0 Å². The second-order valence-corrected chi connectivity index (χ2v) is 5.44. The normalized spacial score (nSPS) is 12.2. The van der Waals surface area contributed by atoms with Gasteiger partial charge in [0, 0.05) is 11.1 Å². The molecule has 0 radical (unpaired) electrons. The molecule has 0 N–H and O–H groups in total. The van der Waals surface area contributed by atoms with Crippen molar-refractivity contribution in [3.63, 3.8) is 0 Å². The molecule has 0 aliphatic heterocycles. The molecule has 0 saturated carbocycles. The van der Waals surface area contributed by atoms with E-state index in [2.05, 4.69) is 10.2 Å². The number of alkyl halides is 6. The van der Waals surface area contributed by atoms with Crippen LogP contribution in [0.15, 0.2) is 60.8 Å². The smallest absolute Gasteiger partial charge is 0.166 e. The fourth-order valence-corrected chi connectivity index (χ4v) is 2.43. The minimum atomic E-state index is -4.46. The van der Waals surface area contributed by atoms with Crippen LogP contribution in [0.2, 0.25) is 0 Å². The van der Waals surface area contributed by atoms with Crippen molar-refractivity contribution in [2.75, 3.05) is 0 Å². The average molecular weight is 368 g/mol. The standard InChI is InChI=1S/C18H10F6N2/c19-17(20,21)13-5-1-11(2-6-13)15-9-10-25-26-16(15)12-3-7-14(8-4-12)18(22,23)24/h1-10H. The number of aromatic nitrogens is 2. The molecule has 2 nitrogen and oxygen atoms in total. The Labute approximate surface area is 144 Å². The second kappa shape index (κ2) is 6.44. The summed E-state index contributed by atoms with van der Waals surface area (Å²) in [5.41, 5.74) is -0.0289. The third-order valence-corrected chi connectivity index (χ3v) is 3.73. The Morgan fingerprint density at radius 1 is 0.577 bits per heavy atom. The fraction of sp³-hybridized carbons (Fsp3) is 0.111. The molecule has 0 fully saturated rings. The van der Waals surface area contributed by atoms with Crippen LogP contribution in [-0.2, 0) is 12.4 Å². The summed E-state index contributed by atoms with van der Waals surface area (Å²) < 4.78 is 76.1. The van der Waals surface area contributed by atoms with E-state index >= 15 is 0 Å². The van der Waals surface area contributed by atoms with E-state index in [9.17, 15) is 26.3 Å². The minimum Gasteiger partial charge on any atom is -0.166 e. The Bertz CT molecular complexity index is 820. The molecular weight excluding hydrogens is 358 g/mol. The molecule has 8 heteroatoms. The first kappa shape index (κ1) is 17.9. The van der Waals surface area contributed by atoms with Gasteiger partial charge in [0.05, 0.1) is 17.3 Å². The lowest BCUT2D eigenvalue weighted by Crippen LogP contribution is -2.04. The van der Waals surface area contributed by atoms with Crippen molar-refractivity contribution in [1.82, 2.24) is 10.2 Å². The van der Waals surface area contributed by atoms with Gasteiger partial charge in [0.15, 0.2) is 0 Å². The number of hydrogen-bond donors (Lipinski definition) is 0. The zero-order chi connectivity index (χ0) is 18.9. The van der Waals surface area contributed by atoms with E-state index in [1.807, 2.05) is 0 Å². The Hall–Kier alpha value is -2.90. The molecule has 0 saturated heterocycles. The van der Waals surface area contributed by atoms with Crippen LogP contribution in [0.1, 0.15) is 11.1 Å². The molecule has 2 aromatic carbocycles. The molecule has 1 aromatic heterocycles. The number of rotatable bonds is 2. The summed E-state index contributed by atoms with van der Waals surface area (Å²) >= 11 is 0. The van der Waals surface area contributed by atoms with Crippen LogP contribution in [0.4, 0.5) is 26.3 Å². The molecule has 3 aromatic rings. The topological polar surface area (TPSA) is 25.8 Å². The van der Waals surface area contributed by atoms with Gasteiger partial charge in [0.1, 0.15) is 5.69 Å². The molecule has 0 aliphatic rings. The highest BCUT2D eigenvalue weighted by atomic mass is 19.4. The van der Waals surface area contributed by atoms with Gasteiger partial charge < -0.3 is 0 Å². The minimum absolute atomic E-state index is 0.279. The molecule has 3 rings (SSSR count). The van der Waals surface area contributed by atoms with Gasteiger partial charge in [-0.2, -0.15) is 31.4 Å². The summed E-state index contributed by atoms with van der Waals surface area (Å²) in [4.78, 5) is 0. The highest BCUT2D eigenvalue weighted by Crippen LogP contribution is 2.35. The van der Waals surface area contributed by atoms with E-state index in [-0.39, 0.29) is 5.69 Å². The van der Waals surface area contributed by atoms with Crippen LogP contribution < -0.4 is 0 Å². The molecule has 26 heavy (non-hydrogen) atoms. The molecule has 0 amide bonds. The lowest BCUT2D eigenvalue weighted by molar-refractivity contribution is -0.138. The molecule has 0 aliphatic carbocycles. The van der Waals surface area contributed by atoms with Crippen molar-refractivity contribution in [1.29, 1.82) is 0 Å². The van der Waals surface area contributed by atoms with Crippen LogP contribution in [0, 0.1) is 0 Å². The quantitative estimate of drug-likeness (QED) is 0.531. The van der Waals surface area contributed by atoms with Crippen LogP contribution in [0.25, 0.3) is 22.4 Å². The van der Waals surface area contributed by atoms with Gasteiger partial charge in [0.25, 0.3) is 0 Å². The van der Waals surface area contributed by atoms with Gasteiger partial charge in [-0.3, -0.25) is 0 Å². The largest absolute Gasteiger partial charge is 0.416 e. The van der Waals surface area contributed by atoms with E-state index in [0.29, 0.717) is 16.7 Å². The Kier molecular flexibility index (Phi) is 4.43. The second-order valence-electron chi connectivity index (χ2n) is 5.44. The van der Waals surface area contributed by atoms with E-state index in [4.69, 9.17) is 0 Å². The average Bonchev–Trinajstić information content (AvgIpc) is 2.60. The molecular formula is C18H10F6N2. The maximum atomic E-state index is 12.7. The fourth-order valence-electron chi connectivity index (χ4n) is 2.43.